The normalized spacial score (nSPS) is 12.0. The highest BCUT2D eigenvalue weighted by atomic mass is 32.2. The van der Waals surface area contributed by atoms with E-state index in [-0.39, 0.29) is 28.9 Å². The highest BCUT2D eigenvalue weighted by Crippen LogP contribution is 2.29. The second kappa shape index (κ2) is 8.22. The Bertz CT molecular complexity index is 1110. The zero-order valence-corrected chi connectivity index (χ0v) is 19.4. The summed E-state index contributed by atoms with van der Waals surface area (Å²) in [6.07, 6.45) is 2.52. The Kier molecular flexibility index (Phi) is 6.46. The van der Waals surface area contributed by atoms with Gasteiger partial charge in [-0.3, -0.25) is 9.59 Å². The molecule has 0 radical (unpaired) electrons. The molecule has 1 aromatic heterocycles. The predicted octanol–water partition coefficient (Wildman–Crippen LogP) is 2.91. The van der Waals surface area contributed by atoms with E-state index >= 15 is 0 Å². The molecule has 0 aliphatic rings. The van der Waals surface area contributed by atoms with Crippen LogP contribution in [0.4, 0.5) is 0 Å². The monoisotopic (exact) mass is 436 g/mol. The molecule has 2 rings (SSSR count). The molecule has 0 spiro atoms. The van der Waals surface area contributed by atoms with Crippen molar-refractivity contribution in [2.24, 2.45) is 12.5 Å². The van der Waals surface area contributed by atoms with Crippen LogP contribution in [0.1, 0.15) is 53.4 Å². The first kappa shape index (κ1) is 23.6. The number of rotatable bonds is 6. The summed E-state index contributed by atoms with van der Waals surface area (Å²) >= 11 is 0. The Hall–Kier alpha value is -2.68. The van der Waals surface area contributed by atoms with Crippen LogP contribution >= 0.6 is 0 Å². The fourth-order valence-electron chi connectivity index (χ4n) is 3.12. The fraction of sp³-hybridized carbons (Fsp3) is 0.476. The van der Waals surface area contributed by atoms with Crippen LogP contribution in [-0.2, 0) is 26.4 Å². The van der Waals surface area contributed by atoms with Gasteiger partial charge in [0.25, 0.3) is 0 Å². The molecule has 2 aromatic rings. The second-order valence-electron chi connectivity index (χ2n) is 8.35. The van der Waals surface area contributed by atoms with Crippen LogP contribution < -0.4 is 4.74 Å². The molecule has 1 heterocycles. The third-order valence-electron chi connectivity index (χ3n) is 4.77. The van der Waals surface area contributed by atoms with E-state index in [2.05, 4.69) is 5.10 Å². The van der Waals surface area contributed by atoms with Crippen LogP contribution in [0.3, 0.4) is 0 Å². The number of aryl methyl sites for hydroxylation is 2. The van der Waals surface area contributed by atoms with E-state index in [9.17, 15) is 18.0 Å². The number of ether oxygens (including phenoxy) is 2. The second-order valence-corrected chi connectivity index (χ2v) is 10.3. The first-order valence-corrected chi connectivity index (χ1v) is 11.2. The molecular weight excluding hydrogens is 408 g/mol. The summed E-state index contributed by atoms with van der Waals surface area (Å²) < 4.78 is 36.3. The molecule has 0 saturated carbocycles. The maximum atomic E-state index is 13.2. The quantitative estimate of drug-likeness (QED) is 0.389. The minimum Gasteiger partial charge on any atom is -0.440 e. The van der Waals surface area contributed by atoms with Gasteiger partial charge in [-0.1, -0.05) is 0 Å². The fourth-order valence-corrected chi connectivity index (χ4v) is 4.47. The summed E-state index contributed by atoms with van der Waals surface area (Å²) in [4.78, 5) is 25.4. The van der Waals surface area contributed by atoms with Gasteiger partial charge in [-0.05, 0) is 64.3 Å². The molecule has 0 saturated heterocycles. The van der Waals surface area contributed by atoms with Gasteiger partial charge in [-0.25, -0.2) is 13.1 Å². The van der Waals surface area contributed by atoms with Crippen LogP contribution in [0.5, 0.6) is 5.88 Å². The van der Waals surface area contributed by atoms with E-state index in [1.807, 2.05) is 0 Å². The molecule has 30 heavy (non-hydrogen) atoms. The minimum atomic E-state index is -3.43. The van der Waals surface area contributed by atoms with Crippen molar-refractivity contribution in [3.05, 3.63) is 40.1 Å². The van der Waals surface area contributed by atoms with Gasteiger partial charge in [-0.2, -0.15) is 5.10 Å². The topological polar surface area (TPSA) is 105 Å². The first-order valence-electron chi connectivity index (χ1n) is 9.33. The highest BCUT2D eigenvalue weighted by molar-refractivity contribution is 7.90. The van der Waals surface area contributed by atoms with Crippen LogP contribution in [0.25, 0.3) is 0 Å². The Balaban J connectivity index is 2.39. The summed E-state index contributed by atoms with van der Waals surface area (Å²) in [6, 6.07) is 1.57. The maximum absolute atomic E-state index is 13.2. The van der Waals surface area contributed by atoms with E-state index in [1.54, 1.807) is 54.7 Å². The Morgan fingerprint density at radius 2 is 1.70 bits per heavy atom. The average molecular weight is 437 g/mol. The van der Waals surface area contributed by atoms with E-state index in [0.717, 1.165) is 6.26 Å². The number of carbonyl (C=O) groups is 2. The van der Waals surface area contributed by atoms with Gasteiger partial charge >= 0.3 is 5.97 Å². The van der Waals surface area contributed by atoms with Gasteiger partial charge in [-0.15, -0.1) is 0 Å². The number of nitrogens with zero attached hydrogens (tertiary/aromatic N) is 2. The molecule has 0 unspecified atom stereocenters. The van der Waals surface area contributed by atoms with Crippen molar-refractivity contribution in [1.29, 1.82) is 0 Å². The number of ketones is 1. The molecule has 164 valence electrons. The molecule has 1 aromatic carbocycles. The van der Waals surface area contributed by atoms with E-state index in [0.29, 0.717) is 22.3 Å². The molecule has 0 aliphatic heterocycles. The molecule has 0 atom stereocenters. The van der Waals surface area contributed by atoms with Gasteiger partial charge in [0, 0.05) is 18.9 Å². The largest absolute Gasteiger partial charge is 0.440 e. The number of hydrogen-bond acceptors (Lipinski definition) is 7. The lowest BCUT2D eigenvalue weighted by Gasteiger charge is -2.17. The zero-order chi connectivity index (χ0) is 23.0. The number of hydrogen-bond donors (Lipinski definition) is 0. The molecule has 0 bridgehead atoms. The summed E-state index contributed by atoms with van der Waals surface area (Å²) in [5, 5.41) is 4.08. The molecule has 0 N–H and O–H groups in total. The van der Waals surface area contributed by atoms with Crippen LogP contribution in [0, 0.1) is 26.2 Å². The predicted molar refractivity (Wildman–Crippen MR) is 111 cm³/mol. The summed E-state index contributed by atoms with van der Waals surface area (Å²) in [7, 11) is -1.83. The average Bonchev–Trinajstić information content (AvgIpc) is 2.96. The van der Waals surface area contributed by atoms with E-state index in [1.165, 1.54) is 10.9 Å². The van der Waals surface area contributed by atoms with Crippen LogP contribution in [0.15, 0.2) is 17.2 Å². The maximum Gasteiger partial charge on any atom is 0.314 e. The summed E-state index contributed by atoms with van der Waals surface area (Å²) in [5.41, 5.74) is 1.48. The standard InChI is InChI=1S/C21H28N2O6S/c1-12-9-15(13(2)14(3)18(12)30(8,26)27)17(24)16-10-22-23(7)19(16)28-11-29-20(25)21(4,5)6/h9-10H,11H2,1-8H3. The third kappa shape index (κ3) is 4.72. The lowest BCUT2D eigenvalue weighted by molar-refractivity contribution is -0.159. The number of aromatic nitrogens is 2. The van der Waals surface area contributed by atoms with Crippen molar-refractivity contribution in [3.8, 4) is 5.88 Å². The van der Waals surface area contributed by atoms with Gasteiger partial charge in [0.15, 0.2) is 15.6 Å². The van der Waals surface area contributed by atoms with Gasteiger partial charge in [0.2, 0.25) is 12.7 Å². The van der Waals surface area contributed by atoms with Crippen molar-refractivity contribution < 1.29 is 27.5 Å². The molecule has 9 heteroatoms. The SMILES string of the molecule is Cc1cc(C(=O)c2cnn(C)c2OCOC(=O)C(C)(C)C)c(C)c(C)c1S(C)(=O)=O. The van der Waals surface area contributed by atoms with Gasteiger partial charge in [0.1, 0.15) is 5.56 Å². The Morgan fingerprint density at radius 1 is 1.10 bits per heavy atom. The number of sulfone groups is 1. The van der Waals surface area contributed by atoms with E-state index in [4.69, 9.17) is 9.47 Å². The van der Waals surface area contributed by atoms with Crippen molar-refractivity contribution in [2.45, 2.75) is 46.4 Å². The molecular formula is C21H28N2O6S. The Labute approximate surface area is 177 Å². The van der Waals surface area contributed by atoms with E-state index < -0.39 is 21.2 Å². The lowest BCUT2D eigenvalue weighted by atomic mass is 9.95. The number of carbonyl (C=O) groups excluding carboxylic acids is 2. The van der Waals surface area contributed by atoms with Crippen molar-refractivity contribution in [2.75, 3.05) is 13.0 Å². The highest BCUT2D eigenvalue weighted by Gasteiger charge is 2.26. The number of benzene rings is 1. The first-order chi connectivity index (χ1) is 13.7. The van der Waals surface area contributed by atoms with Crippen LogP contribution in [0.2, 0.25) is 0 Å². The zero-order valence-electron chi connectivity index (χ0n) is 18.6. The third-order valence-corrected chi connectivity index (χ3v) is 6.14. The lowest BCUT2D eigenvalue weighted by Crippen LogP contribution is -2.25. The van der Waals surface area contributed by atoms with Gasteiger partial charge < -0.3 is 9.47 Å². The van der Waals surface area contributed by atoms with Crippen LogP contribution in [-0.4, -0.2) is 43.0 Å². The van der Waals surface area contributed by atoms with Crippen molar-refractivity contribution >= 4 is 21.6 Å². The molecule has 0 fully saturated rings. The Morgan fingerprint density at radius 3 is 2.23 bits per heavy atom. The van der Waals surface area contributed by atoms with Gasteiger partial charge in [0.05, 0.1) is 16.5 Å². The molecule has 0 aliphatic carbocycles. The summed E-state index contributed by atoms with van der Waals surface area (Å²) in [5.74, 6) is -0.636. The van der Waals surface area contributed by atoms with Crippen molar-refractivity contribution in [1.82, 2.24) is 9.78 Å². The molecule has 8 nitrogen and oxygen atoms in total. The number of esters is 1. The minimum absolute atomic E-state index is 0.156. The van der Waals surface area contributed by atoms with Crippen molar-refractivity contribution in [3.63, 3.8) is 0 Å². The smallest absolute Gasteiger partial charge is 0.314 e. The summed E-state index contributed by atoms with van der Waals surface area (Å²) in [6.45, 7) is 9.86. The molecule has 0 amide bonds.